The largest absolute Gasteiger partial charge is 0.494 e. The molecular formula is C24H33N3O4S. The van der Waals surface area contributed by atoms with Gasteiger partial charge < -0.3 is 15.0 Å². The van der Waals surface area contributed by atoms with Gasteiger partial charge in [-0.15, -0.1) is 0 Å². The number of sulfonamides is 1. The van der Waals surface area contributed by atoms with Gasteiger partial charge in [-0.2, -0.15) is 0 Å². The van der Waals surface area contributed by atoms with Crippen molar-refractivity contribution in [2.45, 2.75) is 38.0 Å². The molecule has 1 aliphatic heterocycles. The number of benzene rings is 2. The fourth-order valence-electron chi connectivity index (χ4n) is 3.75. The Morgan fingerprint density at radius 2 is 1.72 bits per heavy atom. The standard InChI is InChI=1S/C24H33N3O4S/c1-3-31-22-11-13-23(14-12-22)32(29,30)27(21-9-7-20(2)8-10-21)19-24(28)25-15-6-18-26-16-4-5-17-26/h7-14H,3-6,15-19H2,1-2H3,(H,25,28). The molecule has 3 rings (SSSR count). The molecule has 0 bridgehead atoms. The topological polar surface area (TPSA) is 79.0 Å². The van der Waals surface area contributed by atoms with E-state index in [1.54, 1.807) is 24.3 Å². The summed E-state index contributed by atoms with van der Waals surface area (Å²) in [6.45, 7) is 7.75. The molecule has 0 radical (unpaired) electrons. The van der Waals surface area contributed by atoms with Crippen LogP contribution in [0.3, 0.4) is 0 Å². The van der Waals surface area contributed by atoms with E-state index in [9.17, 15) is 13.2 Å². The minimum Gasteiger partial charge on any atom is -0.494 e. The maximum absolute atomic E-state index is 13.4. The molecule has 1 heterocycles. The van der Waals surface area contributed by atoms with Crippen molar-refractivity contribution in [3.05, 3.63) is 54.1 Å². The molecule has 2 aromatic rings. The summed E-state index contributed by atoms with van der Waals surface area (Å²) in [5.41, 5.74) is 1.47. The average molecular weight is 460 g/mol. The van der Waals surface area contributed by atoms with Crippen LogP contribution in [-0.4, -0.2) is 58.6 Å². The Morgan fingerprint density at radius 1 is 1.06 bits per heavy atom. The number of hydrogen-bond acceptors (Lipinski definition) is 5. The molecule has 0 aromatic heterocycles. The first kappa shape index (κ1) is 24.1. The van der Waals surface area contributed by atoms with Crippen LogP contribution < -0.4 is 14.4 Å². The monoisotopic (exact) mass is 459 g/mol. The predicted octanol–water partition coefficient (Wildman–Crippen LogP) is 3.19. The molecule has 0 unspecified atom stereocenters. The van der Waals surface area contributed by atoms with Gasteiger partial charge in [0.05, 0.1) is 17.2 Å². The normalized spacial score (nSPS) is 14.3. The average Bonchev–Trinajstić information content (AvgIpc) is 3.30. The third kappa shape index (κ3) is 6.46. The summed E-state index contributed by atoms with van der Waals surface area (Å²) in [5.74, 6) is 0.283. The zero-order chi connectivity index (χ0) is 23.0. The molecule has 0 atom stereocenters. The van der Waals surface area contributed by atoms with Gasteiger partial charge in [0.1, 0.15) is 12.3 Å². The van der Waals surface area contributed by atoms with Gasteiger partial charge in [0.2, 0.25) is 5.91 Å². The first-order valence-corrected chi connectivity index (χ1v) is 12.7. The van der Waals surface area contributed by atoms with Crippen molar-refractivity contribution < 1.29 is 17.9 Å². The minimum atomic E-state index is -3.93. The molecule has 2 aromatic carbocycles. The second kappa shape index (κ2) is 11.3. The van der Waals surface area contributed by atoms with Crippen LogP contribution in [-0.2, 0) is 14.8 Å². The number of aryl methyl sites for hydroxylation is 1. The van der Waals surface area contributed by atoms with E-state index < -0.39 is 10.0 Å². The summed E-state index contributed by atoms with van der Waals surface area (Å²) in [6.07, 6.45) is 3.32. The van der Waals surface area contributed by atoms with E-state index in [4.69, 9.17) is 4.74 Å². The van der Waals surface area contributed by atoms with Crippen molar-refractivity contribution in [1.82, 2.24) is 10.2 Å². The lowest BCUT2D eigenvalue weighted by Gasteiger charge is -2.24. The van der Waals surface area contributed by atoms with Gasteiger partial charge in [-0.25, -0.2) is 8.42 Å². The maximum Gasteiger partial charge on any atom is 0.264 e. The zero-order valence-electron chi connectivity index (χ0n) is 18.9. The van der Waals surface area contributed by atoms with Crippen molar-refractivity contribution in [3.8, 4) is 5.75 Å². The second-order valence-corrected chi connectivity index (χ2v) is 9.87. The highest BCUT2D eigenvalue weighted by Crippen LogP contribution is 2.25. The fourth-order valence-corrected chi connectivity index (χ4v) is 5.17. The Labute approximate surface area is 191 Å². The molecule has 7 nitrogen and oxygen atoms in total. The molecule has 32 heavy (non-hydrogen) atoms. The van der Waals surface area contributed by atoms with Gasteiger partial charge in [-0.1, -0.05) is 17.7 Å². The minimum absolute atomic E-state index is 0.114. The van der Waals surface area contributed by atoms with Crippen LogP contribution in [0.25, 0.3) is 0 Å². The summed E-state index contributed by atoms with van der Waals surface area (Å²) < 4.78 is 33.4. The summed E-state index contributed by atoms with van der Waals surface area (Å²) >= 11 is 0. The summed E-state index contributed by atoms with van der Waals surface area (Å²) in [5, 5.41) is 2.88. The molecule has 1 saturated heterocycles. The molecule has 174 valence electrons. The molecule has 0 spiro atoms. The number of carbonyl (C=O) groups is 1. The van der Waals surface area contributed by atoms with Crippen LogP contribution in [0.15, 0.2) is 53.4 Å². The van der Waals surface area contributed by atoms with Crippen molar-refractivity contribution in [1.29, 1.82) is 0 Å². The molecule has 0 aliphatic carbocycles. The van der Waals surface area contributed by atoms with Gasteiger partial charge in [-0.05, 0) is 89.1 Å². The number of carbonyl (C=O) groups excluding carboxylic acids is 1. The molecular weight excluding hydrogens is 426 g/mol. The summed E-state index contributed by atoms with van der Waals surface area (Å²) in [7, 11) is -3.93. The zero-order valence-corrected chi connectivity index (χ0v) is 19.7. The third-order valence-corrected chi connectivity index (χ3v) is 7.29. The number of hydrogen-bond donors (Lipinski definition) is 1. The lowest BCUT2D eigenvalue weighted by atomic mass is 10.2. The predicted molar refractivity (Wildman–Crippen MR) is 127 cm³/mol. The Bertz CT molecular complexity index is 969. The smallest absolute Gasteiger partial charge is 0.264 e. The highest BCUT2D eigenvalue weighted by atomic mass is 32.2. The number of amides is 1. The van der Waals surface area contributed by atoms with Gasteiger partial charge in [0.25, 0.3) is 10.0 Å². The molecule has 1 amide bonds. The van der Waals surface area contributed by atoms with Crippen molar-refractivity contribution in [2.75, 3.05) is 43.6 Å². The quantitative estimate of drug-likeness (QED) is 0.522. The SMILES string of the molecule is CCOc1ccc(S(=O)(=O)N(CC(=O)NCCCN2CCCC2)c2ccc(C)cc2)cc1. The molecule has 0 saturated carbocycles. The summed E-state index contributed by atoms with van der Waals surface area (Å²) in [6, 6.07) is 13.4. The van der Waals surface area contributed by atoms with Crippen molar-refractivity contribution in [2.24, 2.45) is 0 Å². The van der Waals surface area contributed by atoms with E-state index in [2.05, 4.69) is 10.2 Å². The van der Waals surface area contributed by atoms with Crippen molar-refractivity contribution >= 4 is 21.6 Å². The first-order chi connectivity index (χ1) is 15.4. The van der Waals surface area contributed by atoms with Gasteiger partial charge in [0.15, 0.2) is 0 Å². The number of likely N-dealkylation sites (tertiary alicyclic amines) is 1. The highest BCUT2D eigenvalue weighted by molar-refractivity contribution is 7.92. The van der Waals surface area contributed by atoms with Gasteiger partial charge >= 0.3 is 0 Å². The van der Waals surface area contributed by atoms with Gasteiger partial charge in [-0.3, -0.25) is 9.10 Å². The molecule has 1 fully saturated rings. The van der Waals surface area contributed by atoms with Crippen LogP contribution in [0.2, 0.25) is 0 Å². The molecule has 1 aliphatic rings. The van der Waals surface area contributed by atoms with Crippen LogP contribution in [0.5, 0.6) is 5.75 Å². The van der Waals surface area contributed by atoms with Crippen molar-refractivity contribution in [3.63, 3.8) is 0 Å². The van der Waals surface area contributed by atoms with Crippen LogP contribution in [0.1, 0.15) is 31.7 Å². The number of rotatable bonds is 11. The Hall–Kier alpha value is -2.58. The lowest BCUT2D eigenvalue weighted by molar-refractivity contribution is -0.119. The number of nitrogens with one attached hydrogen (secondary N) is 1. The summed E-state index contributed by atoms with van der Waals surface area (Å²) in [4.78, 5) is 15.2. The Balaban J connectivity index is 1.71. The lowest BCUT2D eigenvalue weighted by Crippen LogP contribution is -2.41. The Morgan fingerprint density at radius 3 is 2.34 bits per heavy atom. The molecule has 8 heteroatoms. The molecule has 1 N–H and O–H groups in total. The van der Waals surface area contributed by atoms with E-state index in [0.717, 1.165) is 35.9 Å². The fraction of sp³-hybridized carbons (Fsp3) is 0.458. The van der Waals surface area contributed by atoms with Crippen LogP contribution in [0.4, 0.5) is 5.69 Å². The second-order valence-electron chi connectivity index (χ2n) is 8.00. The Kier molecular flexibility index (Phi) is 8.53. The maximum atomic E-state index is 13.4. The van der Waals surface area contributed by atoms with Gasteiger partial charge in [0, 0.05) is 6.54 Å². The van der Waals surface area contributed by atoms with E-state index >= 15 is 0 Å². The van der Waals surface area contributed by atoms with Crippen LogP contribution in [0, 0.1) is 6.92 Å². The number of anilines is 1. The first-order valence-electron chi connectivity index (χ1n) is 11.2. The van der Waals surface area contributed by atoms with E-state index in [1.165, 1.54) is 25.0 Å². The van der Waals surface area contributed by atoms with E-state index in [1.807, 2.05) is 26.0 Å². The number of ether oxygens (including phenoxy) is 1. The number of nitrogens with zero attached hydrogens (tertiary/aromatic N) is 2. The highest BCUT2D eigenvalue weighted by Gasteiger charge is 2.27. The third-order valence-electron chi connectivity index (χ3n) is 5.50. The van der Waals surface area contributed by atoms with E-state index in [0.29, 0.717) is 24.6 Å². The van der Waals surface area contributed by atoms with E-state index in [-0.39, 0.29) is 17.3 Å². The van der Waals surface area contributed by atoms with Crippen LogP contribution >= 0.6 is 0 Å².